The van der Waals surface area contributed by atoms with Crippen molar-refractivity contribution in [3.8, 4) is 5.75 Å². The Hall–Kier alpha value is -0.730. The van der Waals surface area contributed by atoms with Crippen LogP contribution in [-0.4, -0.2) is 14.2 Å². The molecule has 0 radical (unpaired) electrons. The Morgan fingerprint density at radius 2 is 1.76 bits per heavy atom. The van der Waals surface area contributed by atoms with Crippen LogP contribution in [0.25, 0.3) is 0 Å². The van der Waals surface area contributed by atoms with Crippen LogP contribution >= 0.6 is 11.6 Å². The van der Waals surface area contributed by atoms with Crippen molar-refractivity contribution in [1.29, 1.82) is 0 Å². The first-order valence-corrected chi connectivity index (χ1v) is 8.45. The summed E-state index contributed by atoms with van der Waals surface area (Å²) < 4.78 is 5.53. The second-order valence-corrected chi connectivity index (χ2v) is 7.01. The second-order valence-electron chi connectivity index (χ2n) is 6.57. The highest BCUT2D eigenvalue weighted by Gasteiger charge is 2.30. The average molecular weight is 310 g/mol. The van der Waals surface area contributed by atoms with Crippen molar-refractivity contribution in [2.75, 3.05) is 14.2 Å². The van der Waals surface area contributed by atoms with Crippen LogP contribution in [0.3, 0.4) is 0 Å². The molecule has 1 atom stereocenters. The monoisotopic (exact) mass is 309 g/mol. The van der Waals surface area contributed by atoms with Gasteiger partial charge in [0.2, 0.25) is 0 Å². The first kappa shape index (κ1) is 16.6. The number of hydrogen-bond donors (Lipinski definition) is 1. The summed E-state index contributed by atoms with van der Waals surface area (Å²) in [5, 5.41) is 4.27. The van der Waals surface area contributed by atoms with E-state index in [2.05, 4.69) is 25.2 Å². The van der Waals surface area contributed by atoms with Crippen LogP contribution in [0.4, 0.5) is 0 Å². The van der Waals surface area contributed by atoms with Gasteiger partial charge in [0.25, 0.3) is 0 Å². The lowest BCUT2D eigenvalue weighted by Crippen LogP contribution is -2.30. The second kappa shape index (κ2) is 7.51. The third-order valence-corrected chi connectivity index (χ3v) is 5.30. The predicted molar refractivity (Wildman–Crippen MR) is 90.1 cm³/mol. The number of halogens is 1. The quantitative estimate of drug-likeness (QED) is 0.819. The summed E-state index contributed by atoms with van der Waals surface area (Å²) in [7, 11) is 3.77. The molecule has 118 valence electrons. The van der Waals surface area contributed by atoms with Crippen LogP contribution in [0.2, 0.25) is 5.02 Å². The fourth-order valence-corrected chi connectivity index (χ4v) is 3.92. The van der Waals surface area contributed by atoms with Crippen molar-refractivity contribution >= 4 is 11.6 Å². The normalized spacial score (nSPS) is 24.1. The summed E-state index contributed by atoms with van der Waals surface area (Å²) in [6.45, 7) is 4.70. The van der Waals surface area contributed by atoms with Gasteiger partial charge in [-0.25, -0.2) is 0 Å². The van der Waals surface area contributed by atoms with Crippen molar-refractivity contribution in [3.05, 3.63) is 28.8 Å². The van der Waals surface area contributed by atoms with Gasteiger partial charge in [0, 0.05) is 16.6 Å². The van der Waals surface area contributed by atoms with Crippen molar-refractivity contribution in [2.24, 2.45) is 17.8 Å². The van der Waals surface area contributed by atoms with Gasteiger partial charge >= 0.3 is 0 Å². The van der Waals surface area contributed by atoms with E-state index in [0.29, 0.717) is 12.0 Å². The van der Waals surface area contributed by atoms with Gasteiger partial charge in [0.05, 0.1) is 7.11 Å². The van der Waals surface area contributed by atoms with Gasteiger partial charge < -0.3 is 10.1 Å². The molecule has 0 aromatic heterocycles. The number of ether oxygens (including phenoxy) is 1. The number of hydrogen-bond acceptors (Lipinski definition) is 2. The molecule has 0 amide bonds. The van der Waals surface area contributed by atoms with E-state index in [0.717, 1.165) is 22.6 Å². The standard InChI is InChI=1S/C18H28ClNO/c1-12(2)13-5-7-14(8-6-13)18(20-3)16-11-15(19)9-10-17(16)21-4/h9-14,18,20H,5-8H2,1-4H3. The molecule has 0 bridgehead atoms. The Balaban J connectivity index is 2.15. The molecule has 1 aromatic rings. The number of methoxy groups -OCH3 is 1. The summed E-state index contributed by atoms with van der Waals surface area (Å²) in [5.41, 5.74) is 1.19. The highest BCUT2D eigenvalue weighted by atomic mass is 35.5. The van der Waals surface area contributed by atoms with Crippen LogP contribution in [0.5, 0.6) is 5.75 Å². The van der Waals surface area contributed by atoms with E-state index >= 15 is 0 Å². The van der Waals surface area contributed by atoms with Crippen LogP contribution in [0.15, 0.2) is 18.2 Å². The first-order valence-electron chi connectivity index (χ1n) is 8.07. The maximum Gasteiger partial charge on any atom is 0.123 e. The van der Waals surface area contributed by atoms with Gasteiger partial charge in [-0.3, -0.25) is 0 Å². The van der Waals surface area contributed by atoms with Gasteiger partial charge in [-0.2, -0.15) is 0 Å². The zero-order valence-electron chi connectivity index (χ0n) is 13.7. The summed E-state index contributed by atoms with van der Waals surface area (Å²) in [6, 6.07) is 6.25. The summed E-state index contributed by atoms with van der Waals surface area (Å²) in [6.07, 6.45) is 5.24. The predicted octanol–water partition coefficient (Wildman–Crippen LogP) is 5.07. The van der Waals surface area contributed by atoms with E-state index in [1.807, 2.05) is 19.2 Å². The molecule has 0 aliphatic heterocycles. The van der Waals surface area contributed by atoms with Crippen LogP contribution < -0.4 is 10.1 Å². The number of benzene rings is 1. The van der Waals surface area contributed by atoms with E-state index in [1.54, 1.807) is 7.11 Å². The van der Waals surface area contributed by atoms with Gasteiger partial charge in [-0.05, 0) is 68.7 Å². The largest absolute Gasteiger partial charge is 0.496 e. The molecule has 1 unspecified atom stereocenters. The minimum atomic E-state index is 0.326. The molecular formula is C18H28ClNO. The lowest BCUT2D eigenvalue weighted by Gasteiger charge is -2.36. The fraction of sp³-hybridized carbons (Fsp3) is 0.667. The van der Waals surface area contributed by atoms with Crippen molar-refractivity contribution < 1.29 is 4.74 Å². The molecule has 1 saturated carbocycles. The third-order valence-electron chi connectivity index (χ3n) is 5.07. The molecule has 1 aliphatic rings. The smallest absolute Gasteiger partial charge is 0.123 e. The average Bonchev–Trinajstić information content (AvgIpc) is 2.49. The minimum absolute atomic E-state index is 0.326. The molecular weight excluding hydrogens is 282 g/mol. The molecule has 1 aromatic carbocycles. The molecule has 3 heteroatoms. The number of nitrogens with one attached hydrogen (secondary N) is 1. The van der Waals surface area contributed by atoms with Gasteiger partial charge in [-0.1, -0.05) is 25.4 Å². The van der Waals surface area contributed by atoms with Crippen molar-refractivity contribution in [1.82, 2.24) is 5.32 Å². The molecule has 21 heavy (non-hydrogen) atoms. The van der Waals surface area contributed by atoms with Crippen LogP contribution in [0.1, 0.15) is 51.1 Å². The molecule has 1 N–H and O–H groups in total. The third kappa shape index (κ3) is 3.92. The Morgan fingerprint density at radius 1 is 1.14 bits per heavy atom. The highest BCUT2D eigenvalue weighted by molar-refractivity contribution is 6.30. The molecule has 2 rings (SSSR count). The summed E-state index contributed by atoms with van der Waals surface area (Å²) >= 11 is 6.20. The number of rotatable bonds is 5. The molecule has 0 spiro atoms. The van der Waals surface area contributed by atoms with Crippen molar-refractivity contribution in [2.45, 2.75) is 45.6 Å². The van der Waals surface area contributed by atoms with Gasteiger partial charge in [-0.15, -0.1) is 0 Å². The van der Waals surface area contributed by atoms with Crippen LogP contribution in [-0.2, 0) is 0 Å². The summed E-state index contributed by atoms with van der Waals surface area (Å²) in [4.78, 5) is 0. The first-order chi connectivity index (χ1) is 10.1. The molecule has 1 fully saturated rings. The Bertz CT molecular complexity index is 453. The highest BCUT2D eigenvalue weighted by Crippen LogP contribution is 2.41. The van der Waals surface area contributed by atoms with E-state index in [9.17, 15) is 0 Å². The Labute approximate surface area is 134 Å². The zero-order valence-corrected chi connectivity index (χ0v) is 14.4. The summed E-state index contributed by atoms with van der Waals surface area (Å²) in [5.74, 6) is 3.29. The van der Waals surface area contributed by atoms with E-state index < -0.39 is 0 Å². The SMILES string of the molecule is CNC(c1cc(Cl)ccc1OC)C1CCC(C(C)C)CC1. The molecule has 1 aliphatic carbocycles. The topological polar surface area (TPSA) is 21.3 Å². The fourth-order valence-electron chi connectivity index (χ4n) is 3.74. The molecule has 0 saturated heterocycles. The van der Waals surface area contributed by atoms with E-state index in [4.69, 9.17) is 16.3 Å². The van der Waals surface area contributed by atoms with E-state index in [1.165, 1.54) is 31.2 Å². The Morgan fingerprint density at radius 3 is 2.29 bits per heavy atom. The minimum Gasteiger partial charge on any atom is -0.496 e. The van der Waals surface area contributed by atoms with Gasteiger partial charge in [0.15, 0.2) is 0 Å². The van der Waals surface area contributed by atoms with E-state index in [-0.39, 0.29) is 0 Å². The lowest BCUT2D eigenvalue weighted by molar-refractivity contribution is 0.191. The maximum absolute atomic E-state index is 6.20. The molecule has 0 heterocycles. The Kier molecular flexibility index (Phi) is 5.95. The lowest BCUT2D eigenvalue weighted by atomic mass is 9.73. The molecule has 2 nitrogen and oxygen atoms in total. The van der Waals surface area contributed by atoms with Crippen LogP contribution in [0, 0.1) is 17.8 Å². The zero-order chi connectivity index (χ0) is 15.4. The van der Waals surface area contributed by atoms with Gasteiger partial charge in [0.1, 0.15) is 5.75 Å². The van der Waals surface area contributed by atoms with Crippen molar-refractivity contribution in [3.63, 3.8) is 0 Å². The maximum atomic E-state index is 6.20.